The van der Waals surface area contributed by atoms with E-state index in [9.17, 15) is 4.79 Å². The van der Waals surface area contributed by atoms with E-state index in [1.54, 1.807) is 16.2 Å². The normalized spacial score (nSPS) is 21.6. The average Bonchev–Trinajstić information content (AvgIpc) is 2.99. The Morgan fingerprint density at radius 2 is 2.42 bits per heavy atom. The van der Waals surface area contributed by atoms with E-state index in [0.29, 0.717) is 6.54 Å². The lowest BCUT2D eigenvalue weighted by Gasteiger charge is -2.32. The van der Waals surface area contributed by atoms with Crippen molar-refractivity contribution < 1.29 is 4.79 Å². The van der Waals surface area contributed by atoms with Crippen LogP contribution in [0.3, 0.4) is 0 Å². The molecule has 6 heteroatoms. The van der Waals surface area contributed by atoms with Gasteiger partial charge >= 0.3 is 0 Å². The highest BCUT2D eigenvalue weighted by Crippen LogP contribution is 2.34. The van der Waals surface area contributed by atoms with Crippen LogP contribution in [-0.4, -0.2) is 48.9 Å². The molecule has 0 spiro atoms. The highest BCUT2D eigenvalue weighted by atomic mass is 79.9. The molecule has 0 saturated carbocycles. The maximum absolute atomic E-state index is 12.2. The van der Waals surface area contributed by atoms with E-state index in [-0.39, 0.29) is 18.0 Å². The Morgan fingerprint density at radius 3 is 2.95 bits per heavy atom. The molecule has 1 saturated heterocycles. The summed E-state index contributed by atoms with van der Waals surface area (Å²) in [4.78, 5) is 17.4. The minimum absolute atomic E-state index is 0.0237. The predicted octanol–water partition coefficient (Wildman–Crippen LogP) is 2.06. The molecule has 2 heterocycles. The molecule has 2 unspecified atom stereocenters. The largest absolute Gasteiger partial charge is 0.347 e. The van der Waals surface area contributed by atoms with Gasteiger partial charge in [-0.25, -0.2) is 0 Å². The first kappa shape index (κ1) is 15.0. The zero-order valence-corrected chi connectivity index (χ0v) is 13.7. The lowest BCUT2D eigenvalue weighted by atomic mass is 10.1. The third-order valence-electron chi connectivity index (χ3n) is 3.56. The smallest absolute Gasteiger partial charge is 0.239 e. The van der Waals surface area contributed by atoms with Crippen molar-refractivity contribution in [1.82, 2.24) is 9.80 Å². The highest BCUT2D eigenvalue weighted by molar-refractivity contribution is 9.10. The number of rotatable bonds is 4. The number of carbonyl (C=O) groups excluding carboxylic acids is 1. The number of likely N-dealkylation sites (tertiary alicyclic amines) is 1. The lowest BCUT2D eigenvalue weighted by Crippen LogP contribution is -2.45. The van der Waals surface area contributed by atoms with E-state index in [4.69, 9.17) is 5.73 Å². The molecule has 2 rings (SSSR count). The van der Waals surface area contributed by atoms with Crippen LogP contribution in [0.1, 0.15) is 23.8 Å². The van der Waals surface area contributed by atoms with Crippen molar-refractivity contribution in [2.45, 2.75) is 24.9 Å². The Kier molecular flexibility index (Phi) is 5.00. The van der Waals surface area contributed by atoms with Gasteiger partial charge in [0.25, 0.3) is 0 Å². The Bertz CT molecular complexity index is 449. The van der Waals surface area contributed by atoms with Gasteiger partial charge in [-0.15, -0.1) is 11.3 Å². The highest BCUT2D eigenvalue weighted by Gasteiger charge is 2.36. The minimum Gasteiger partial charge on any atom is -0.347 e. The molecule has 1 aliphatic heterocycles. The molecule has 0 aliphatic carbocycles. The summed E-state index contributed by atoms with van der Waals surface area (Å²) in [6.45, 7) is 1.49. The summed E-state index contributed by atoms with van der Waals surface area (Å²) in [6, 6.07) is 2.23. The van der Waals surface area contributed by atoms with Gasteiger partial charge in [0.15, 0.2) is 0 Å². The third kappa shape index (κ3) is 3.18. The van der Waals surface area contributed by atoms with Crippen LogP contribution in [0, 0.1) is 0 Å². The number of amides is 1. The SMILES string of the molecule is CN(C)C(=O)C1CCCN1C(CN)c1cc(Br)cs1. The predicted molar refractivity (Wildman–Crippen MR) is 82.2 cm³/mol. The van der Waals surface area contributed by atoms with Crippen molar-refractivity contribution in [3.63, 3.8) is 0 Å². The summed E-state index contributed by atoms with van der Waals surface area (Å²) < 4.78 is 1.08. The molecule has 19 heavy (non-hydrogen) atoms. The van der Waals surface area contributed by atoms with E-state index >= 15 is 0 Å². The number of likely N-dealkylation sites (N-methyl/N-ethyl adjacent to an activating group) is 1. The second kappa shape index (κ2) is 6.35. The van der Waals surface area contributed by atoms with Crippen molar-refractivity contribution >= 4 is 33.2 Å². The summed E-state index contributed by atoms with van der Waals surface area (Å²) in [5, 5.41) is 2.07. The van der Waals surface area contributed by atoms with Crippen LogP contribution in [0.5, 0.6) is 0 Å². The fourth-order valence-electron chi connectivity index (χ4n) is 2.64. The molecule has 1 amide bonds. The standard InChI is InChI=1S/C13H20BrN3OS/c1-16(2)13(18)10-4-3-5-17(10)11(7-15)12-6-9(14)8-19-12/h6,8,10-11H,3-5,7,15H2,1-2H3. The van der Waals surface area contributed by atoms with E-state index in [2.05, 4.69) is 32.3 Å². The van der Waals surface area contributed by atoms with Gasteiger partial charge in [0, 0.05) is 35.4 Å². The maximum Gasteiger partial charge on any atom is 0.239 e. The first-order chi connectivity index (χ1) is 9.04. The Labute approximate surface area is 126 Å². The quantitative estimate of drug-likeness (QED) is 0.908. The van der Waals surface area contributed by atoms with Gasteiger partial charge in [0.1, 0.15) is 0 Å². The van der Waals surface area contributed by atoms with Crippen molar-refractivity contribution in [3.8, 4) is 0 Å². The first-order valence-corrected chi connectivity index (χ1v) is 8.12. The number of nitrogens with two attached hydrogens (primary N) is 1. The molecule has 2 atom stereocenters. The molecule has 1 aromatic rings. The zero-order chi connectivity index (χ0) is 14.0. The van der Waals surface area contributed by atoms with Crippen LogP contribution < -0.4 is 5.73 Å². The summed E-state index contributed by atoms with van der Waals surface area (Å²) in [7, 11) is 3.63. The number of halogens is 1. The Morgan fingerprint density at radius 1 is 1.68 bits per heavy atom. The maximum atomic E-state index is 12.2. The molecule has 0 bridgehead atoms. The monoisotopic (exact) mass is 345 g/mol. The third-order valence-corrected chi connectivity index (χ3v) is 5.35. The second-order valence-electron chi connectivity index (χ2n) is 5.05. The first-order valence-electron chi connectivity index (χ1n) is 6.45. The molecule has 106 valence electrons. The summed E-state index contributed by atoms with van der Waals surface area (Å²) >= 11 is 5.18. The van der Waals surface area contributed by atoms with Gasteiger partial charge in [-0.3, -0.25) is 9.69 Å². The molecule has 1 aliphatic rings. The molecular weight excluding hydrogens is 326 g/mol. The number of nitrogens with zero attached hydrogens (tertiary/aromatic N) is 2. The average molecular weight is 346 g/mol. The molecule has 1 aromatic heterocycles. The van der Waals surface area contributed by atoms with E-state index < -0.39 is 0 Å². The zero-order valence-electron chi connectivity index (χ0n) is 11.3. The van der Waals surface area contributed by atoms with Gasteiger partial charge in [-0.2, -0.15) is 0 Å². The summed E-state index contributed by atoms with van der Waals surface area (Å²) in [5.74, 6) is 0.187. The topological polar surface area (TPSA) is 49.6 Å². The molecule has 2 N–H and O–H groups in total. The Hall–Kier alpha value is -0.430. The van der Waals surface area contributed by atoms with Crippen molar-refractivity contribution in [3.05, 3.63) is 20.8 Å². The van der Waals surface area contributed by atoms with Crippen LogP contribution in [0.4, 0.5) is 0 Å². The van der Waals surface area contributed by atoms with Crippen LogP contribution >= 0.6 is 27.3 Å². The summed E-state index contributed by atoms with van der Waals surface area (Å²) in [5.41, 5.74) is 5.96. The second-order valence-corrected chi connectivity index (χ2v) is 6.91. The van der Waals surface area contributed by atoms with Crippen LogP contribution in [0.25, 0.3) is 0 Å². The molecule has 4 nitrogen and oxygen atoms in total. The Balaban J connectivity index is 2.20. The van der Waals surface area contributed by atoms with E-state index in [1.165, 1.54) is 4.88 Å². The molecule has 0 aromatic carbocycles. The van der Waals surface area contributed by atoms with Crippen LogP contribution in [-0.2, 0) is 4.79 Å². The van der Waals surface area contributed by atoms with Gasteiger partial charge in [-0.05, 0) is 41.4 Å². The van der Waals surface area contributed by atoms with Crippen molar-refractivity contribution in [2.24, 2.45) is 5.73 Å². The van der Waals surface area contributed by atoms with Gasteiger partial charge in [0.05, 0.1) is 12.1 Å². The number of thiophene rings is 1. The molecule has 1 fully saturated rings. The number of hydrogen-bond acceptors (Lipinski definition) is 4. The van der Waals surface area contributed by atoms with Crippen molar-refractivity contribution in [1.29, 1.82) is 0 Å². The summed E-state index contributed by atoms with van der Waals surface area (Å²) in [6.07, 6.45) is 1.99. The van der Waals surface area contributed by atoms with Gasteiger partial charge < -0.3 is 10.6 Å². The number of carbonyl (C=O) groups is 1. The van der Waals surface area contributed by atoms with Crippen LogP contribution in [0.15, 0.2) is 15.9 Å². The minimum atomic E-state index is -0.0237. The van der Waals surface area contributed by atoms with E-state index in [1.807, 2.05) is 14.1 Å². The van der Waals surface area contributed by atoms with Gasteiger partial charge in [-0.1, -0.05) is 0 Å². The molecule has 0 radical (unpaired) electrons. The lowest BCUT2D eigenvalue weighted by molar-refractivity contribution is -0.134. The fourth-order valence-corrected chi connectivity index (χ4v) is 4.22. The number of hydrogen-bond donors (Lipinski definition) is 1. The fraction of sp³-hybridized carbons (Fsp3) is 0.615. The van der Waals surface area contributed by atoms with Crippen molar-refractivity contribution in [2.75, 3.05) is 27.2 Å². The van der Waals surface area contributed by atoms with Gasteiger partial charge in [0.2, 0.25) is 5.91 Å². The van der Waals surface area contributed by atoms with E-state index in [0.717, 1.165) is 23.9 Å². The van der Waals surface area contributed by atoms with Crippen LogP contribution in [0.2, 0.25) is 0 Å². The molecular formula is C13H20BrN3OS.